The molecule has 0 saturated carbocycles. The molecule has 5 rings (SSSR count). The van der Waals surface area contributed by atoms with Crippen LogP contribution in [0.3, 0.4) is 0 Å². The summed E-state index contributed by atoms with van der Waals surface area (Å²) in [6.07, 6.45) is 2.90. The number of sulfonamides is 1. The van der Waals surface area contributed by atoms with E-state index in [1.807, 2.05) is 31.2 Å². The van der Waals surface area contributed by atoms with Gasteiger partial charge in [-0.3, -0.25) is 14.8 Å². The zero-order valence-corrected chi connectivity index (χ0v) is 17.4. The van der Waals surface area contributed by atoms with Gasteiger partial charge in [0, 0.05) is 28.6 Å². The summed E-state index contributed by atoms with van der Waals surface area (Å²) in [5.74, 6) is -2.04. The number of hydrogen-bond donors (Lipinski definition) is 2. The minimum Gasteiger partial charge on any atom is -0.278 e. The van der Waals surface area contributed by atoms with Gasteiger partial charge in [-0.1, -0.05) is 6.07 Å². The van der Waals surface area contributed by atoms with Crippen molar-refractivity contribution in [3.63, 3.8) is 0 Å². The maximum Gasteiger partial charge on any atom is 0.264 e. The average molecular weight is 451 g/mol. The number of halogens is 2. The predicted molar refractivity (Wildman–Crippen MR) is 117 cm³/mol. The smallest absolute Gasteiger partial charge is 0.264 e. The monoisotopic (exact) mass is 451 g/mol. The summed E-state index contributed by atoms with van der Waals surface area (Å²) in [5.41, 5.74) is 3.91. The Hall–Kier alpha value is -3.92. The molecule has 3 aromatic heterocycles. The minimum atomic E-state index is -4.27. The average Bonchev–Trinajstić information content (AvgIpc) is 3.11. The Kier molecular flexibility index (Phi) is 4.59. The minimum absolute atomic E-state index is 0.144. The SMILES string of the molecule is Cc1n[nH]c2nc3ccc(-c4cncc(NS(=O)(=O)c5ccc(F)cc5F)c4)cc3cc12. The van der Waals surface area contributed by atoms with E-state index in [4.69, 9.17) is 0 Å². The molecule has 0 aliphatic heterocycles. The van der Waals surface area contributed by atoms with Crippen LogP contribution in [0.25, 0.3) is 33.1 Å². The van der Waals surface area contributed by atoms with Crippen molar-refractivity contribution in [3.05, 3.63) is 78.3 Å². The second kappa shape index (κ2) is 7.34. The first-order valence-corrected chi connectivity index (χ1v) is 11.0. The van der Waals surface area contributed by atoms with Crippen molar-refractivity contribution in [2.45, 2.75) is 11.8 Å². The molecule has 0 fully saturated rings. The van der Waals surface area contributed by atoms with Gasteiger partial charge < -0.3 is 0 Å². The van der Waals surface area contributed by atoms with Gasteiger partial charge >= 0.3 is 0 Å². The second-order valence-corrected chi connectivity index (χ2v) is 8.89. The van der Waals surface area contributed by atoms with Crippen molar-refractivity contribution < 1.29 is 17.2 Å². The van der Waals surface area contributed by atoms with Crippen molar-refractivity contribution >= 4 is 37.6 Å². The Labute approximate surface area is 181 Å². The summed E-state index contributed by atoms with van der Waals surface area (Å²) < 4.78 is 54.5. The molecule has 0 amide bonds. The van der Waals surface area contributed by atoms with E-state index in [0.717, 1.165) is 39.7 Å². The Bertz CT molecular complexity index is 1620. The van der Waals surface area contributed by atoms with Gasteiger partial charge in [0.15, 0.2) is 5.65 Å². The van der Waals surface area contributed by atoms with E-state index in [1.54, 1.807) is 12.3 Å². The van der Waals surface area contributed by atoms with Crippen molar-refractivity contribution in [1.29, 1.82) is 0 Å². The van der Waals surface area contributed by atoms with Gasteiger partial charge in [-0.15, -0.1) is 0 Å². The summed E-state index contributed by atoms with van der Waals surface area (Å²) >= 11 is 0. The summed E-state index contributed by atoms with van der Waals surface area (Å²) in [6, 6.07) is 11.5. The van der Waals surface area contributed by atoms with Gasteiger partial charge in [0.25, 0.3) is 10.0 Å². The highest BCUT2D eigenvalue weighted by molar-refractivity contribution is 7.92. The fourth-order valence-electron chi connectivity index (χ4n) is 3.47. The molecule has 0 aliphatic rings. The number of anilines is 1. The molecule has 2 aromatic carbocycles. The number of benzene rings is 2. The molecule has 2 N–H and O–H groups in total. The fourth-order valence-corrected chi connectivity index (χ4v) is 4.57. The number of nitrogens with zero attached hydrogens (tertiary/aromatic N) is 3. The summed E-state index contributed by atoms with van der Waals surface area (Å²) in [6.45, 7) is 1.89. The standard InChI is InChI=1S/C22H15F2N5O2S/c1-12-18-8-14-6-13(2-4-20(14)26-22(18)28-27-12)15-7-17(11-25-10-15)29-32(30,31)21-5-3-16(23)9-19(21)24/h2-11,29H,1H3,(H,26,27,28). The van der Waals surface area contributed by atoms with Gasteiger partial charge in [-0.25, -0.2) is 22.2 Å². The molecule has 10 heteroatoms. The number of aromatic amines is 1. The van der Waals surface area contributed by atoms with E-state index in [1.165, 1.54) is 6.20 Å². The molecule has 0 atom stereocenters. The van der Waals surface area contributed by atoms with Crippen molar-refractivity contribution in [2.24, 2.45) is 0 Å². The van der Waals surface area contributed by atoms with Crippen LogP contribution >= 0.6 is 0 Å². The highest BCUT2D eigenvalue weighted by atomic mass is 32.2. The summed E-state index contributed by atoms with van der Waals surface area (Å²) in [4.78, 5) is 8.01. The van der Waals surface area contributed by atoms with Crippen LogP contribution in [0.1, 0.15) is 5.69 Å². The quantitative estimate of drug-likeness (QED) is 0.417. The molecule has 0 aliphatic carbocycles. The molecule has 3 heterocycles. The fraction of sp³-hybridized carbons (Fsp3) is 0.0455. The molecule has 5 aromatic rings. The lowest BCUT2D eigenvalue weighted by Crippen LogP contribution is -2.15. The Morgan fingerprint density at radius 2 is 1.81 bits per heavy atom. The van der Waals surface area contributed by atoms with Crippen LogP contribution in [0.2, 0.25) is 0 Å². The van der Waals surface area contributed by atoms with E-state index in [2.05, 4.69) is 24.9 Å². The van der Waals surface area contributed by atoms with Crippen molar-refractivity contribution in [2.75, 3.05) is 4.72 Å². The first-order chi connectivity index (χ1) is 15.3. The lowest BCUT2D eigenvalue weighted by Gasteiger charge is -2.10. The van der Waals surface area contributed by atoms with Gasteiger partial charge in [-0.2, -0.15) is 5.10 Å². The number of nitrogens with one attached hydrogen (secondary N) is 2. The number of aryl methyl sites for hydroxylation is 1. The number of fused-ring (bicyclic) bond motifs is 2. The van der Waals surface area contributed by atoms with Crippen molar-refractivity contribution in [1.82, 2.24) is 20.2 Å². The van der Waals surface area contributed by atoms with E-state index in [0.29, 0.717) is 17.3 Å². The summed E-state index contributed by atoms with van der Waals surface area (Å²) in [7, 11) is -4.27. The Morgan fingerprint density at radius 1 is 0.969 bits per heavy atom. The molecule has 0 bridgehead atoms. The third kappa shape index (κ3) is 3.54. The highest BCUT2D eigenvalue weighted by Crippen LogP contribution is 2.28. The third-order valence-electron chi connectivity index (χ3n) is 5.04. The molecular weight excluding hydrogens is 436 g/mol. The molecule has 32 heavy (non-hydrogen) atoms. The van der Waals surface area contributed by atoms with Gasteiger partial charge in [0.1, 0.15) is 16.5 Å². The topological polar surface area (TPSA) is 101 Å². The first kappa shape index (κ1) is 20.0. The molecule has 0 unspecified atom stereocenters. The van der Waals surface area contributed by atoms with Crippen LogP contribution in [0.15, 0.2) is 65.8 Å². The lowest BCUT2D eigenvalue weighted by molar-refractivity contribution is 0.551. The largest absolute Gasteiger partial charge is 0.278 e. The number of rotatable bonds is 4. The first-order valence-electron chi connectivity index (χ1n) is 9.49. The van der Waals surface area contributed by atoms with Gasteiger partial charge in [0.2, 0.25) is 0 Å². The van der Waals surface area contributed by atoms with Crippen LogP contribution in [-0.4, -0.2) is 28.6 Å². The maximum absolute atomic E-state index is 14.0. The van der Waals surface area contributed by atoms with Crippen LogP contribution in [0.4, 0.5) is 14.5 Å². The van der Waals surface area contributed by atoms with Crippen LogP contribution in [0, 0.1) is 18.6 Å². The zero-order chi connectivity index (χ0) is 22.5. The number of pyridine rings is 2. The second-order valence-electron chi connectivity index (χ2n) is 7.24. The van der Waals surface area contributed by atoms with Crippen LogP contribution in [-0.2, 0) is 10.0 Å². The lowest BCUT2D eigenvalue weighted by atomic mass is 10.0. The van der Waals surface area contributed by atoms with Crippen LogP contribution < -0.4 is 4.72 Å². The predicted octanol–water partition coefficient (Wildman–Crippen LogP) is 4.56. The van der Waals surface area contributed by atoms with Gasteiger partial charge in [0.05, 0.1) is 23.1 Å². The molecule has 0 saturated heterocycles. The van der Waals surface area contributed by atoms with Crippen molar-refractivity contribution in [3.8, 4) is 11.1 Å². The maximum atomic E-state index is 14.0. The van der Waals surface area contributed by atoms with E-state index >= 15 is 0 Å². The molecule has 7 nitrogen and oxygen atoms in total. The van der Waals surface area contributed by atoms with E-state index < -0.39 is 26.6 Å². The highest BCUT2D eigenvalue weighted by Gasteiger charge is 2.20. The van der Waals surface area contributed by atoms with E-state index in [9.17, 15) is 17.2 Å². The molecule has 0 spiro atoms. The Balaban J connectivity index is 1.51. The Morgan fingerprint density at radius 3 is 2.62 bits per heavy atom. The number of hydrogen-bond acceptors (Lipinski definition) is 5. The zero-order valence-electron chi connectivity index (χ0n) is 16.6. The molecule has 0 radical (unpaired) electrons. The number of H-pyrrole nitrogens is 1. The molecule has 160 valence electrons. The van der Waals surface area contributed by atoms with E-state index in [-0.39, 0.29) is 5.69 Å². The van der Waals surface area contributed by atoms with Gasteiger partial charge in [-0.05, 0) is 48.9 Å². The number of aromatic nitrogens is 4. The summed E-state index contributed by atoms with van der Waals surface area (Å²) in [5, 5.41) is 8.86. The van der Waals surface area contributed by atoms with Crippen LogP contribution in [0.5, 0.6) is 0 Å². The molecular formula is C22H15F2N5O2S. The normalized spacial score (nSPS) is 11.8. The third-order valence-corrected chi connectivity index (χ3v) is 6.46.